The van der Waals surface area contributed by atoms with E-state index in [9.17, 15) is 20.0 Å². The minimum absolute atomic E-state index is 0.0373. The third-order valence-corrected chi connectivity index (χ3v) is 4.25. The summed E-state index contributed by atoms with van der Waals surface area (Å²) in [6, 6.07) is 15.7. The molecule has 0 bridgehead atoms. The predicted molar refractivity (Wildman–Crippen MR) is 108 cm³/mol. The van der Waals surface area contributed by atoms with Crippen LogP contribution in [0.25, 0.3) is 17.8 Å². The molecule has 0 aliphatic rings. The Morgan fingerprint density at radius 3 is 2.52 bits per heavy atom. The van der Waals surface area contributed by atoms with Crippen LogP contribution in [0.3, 0.4) is 0 Å². The zero-order chi connectivity index (χ0) is 21.0. The van der Waals surface area contributed by atoms with Crippen LogP contribution in [0.1, 0.15) is 32.7 Å². The molecule has 0 atom stereocenters. The Labute approximate surface area is 166 Å². The lowest BCUT2D eigenvalue weighted by molar-refractivity contribution is 0.0688. The number of rotatable bonds is 5. The number of hydrogen-bond donors (Lipinski definition) is 1. The maximum absolute atomic E-state index is 12.8. The average molecular weight is 387 g/mol. The van der Waals surface area contributed by atoms with Gasteiger partial charge in [-0.15, -0.1) is 0 Å². The van der Waals surface area contributed by atoms with Crippen molar-refractivity contribution in [1.29, 1.82) is 5.26 Å². The highest BCUT2D eigenvalue weighted by Gasteiger charge is 2.21. The molecule has 1 heterocycles. The van der Waals surface area contributed by atoms with Crippen LogP contribution in [-0.4, -0.2) is 28.0 Å². The van der Waals surface area contributed by atoms with E-state index in [4.69, 9.17) is 4.74 Å². The van der Waals surface area contributed by atoms with Crippen molar-refractivity contribution in [1.82, 2.24) is 9.78 Å². The van der Waals surface area contributed by atoms with Crippen LogP contribution in [-0.2, 0) is 0 Å². The maximum Gasteiger partial charge on any atom is 0.357 e. The minimum Gasteiger partial charge on any atom is -0.497 e. The van der Waals surface area contributed by atoms with E-state index >= 15 is 0 Å². The molecule has 29 heavy (non-hydrogen) atoms. The first-order chi connectivity index (χ1) is 13.9. The fourth-order valence-corrected chi connectivity index (χ4v) is 2.80. The number of aromatic carboxylic acids is 1. The summed E-state index contributed by atoms with van der Waals surface area (Å²) >= 11 is 0. The predicted octanol–water partition coefficient (Wildman–Crippen LogP) is 3.29. The Bertz CT molecular complexity index is 1200. The number of aromatic nitrogens is 2. The number of ether oxygens (including phenoxy) is 1. The van der Waals surface area contributed by atoms with Crippen LogP contribution >= 0.6 is 0 Å². The van der Waals surface area contributed by atoms with Gasteiger partial charge in [0, 0.05) is 5.56 Å². The topological polar surface area (TPSA) is 105 Å². The molecule has 3 rings (SSSR count). The van der Waals surface area contributed by atoms with Gasteiger partial charge in [-0.25, -0.2) is 4.79 Å². The number of carbonyl (C=O) groups is 1. The van der Waals surface area contributed by atoms with E-state index in [0.717, 1.165) is 15.8 Å². The third-order valence-electron chi connectivity index (χ3n) is 4.25. The summed E-state index contributed by atoms with van der Waals surface area (Å²) in [7, 11) is 1.55. The highest BCUT2D eigenvalue weighted by atomic mass is 16.5. The molecule has 0 radical (unpaired) electrons. The standard InChI is InChI=1S/C22H17N3O4/c1-14-4-3-5-16(12-14)25-21(26)19(13-23)18(20(24-25)22(27)28)11-8-15-6-9-17(29-2)10-7-15/h3-12H,1-2H3,(H,27,28)/b11-8-. The van der Waals surface area contributed by atoms with Gasteiger partial charge in [0.25, 0.3) is 5.56 Å². The van der Waals surface area contributed by atoms with Crippen LogP contribution in [0.15, 0.2) is 53.3 Å². The molecule has 2 aromatic carbocycles. The highest BCUT2D eigenvalue weighted by molar-refractivity contribution is 5.92. The van der Waals surface area contributed by atoms with Gasteiger partial charge >= 0.3 is 5.97 Å². The van der Waals surface area contributed by atoms with E-state index in [-0.39, 0.29) is 16.8 Å². The van der Waals surface area contributed by atoms with Gasteiger partial charge in [0.05, 0.1) is 12.8 Å². The lowest BCUT2D eigenvalue weighted by Crippen LogP contribution is -2.28. The van der Waals surface area contributed by atoms with Crippen molar-refractivity contribution in [2.75, 3.05) is 7.11 Å². The second kappa shape index (κ2) is 8.23. The van der Waals surface area contributed by atoms with Crippen LogP contribution in [0.4, 0.5) is 0 Å². The minimum atomic E-state index is -1.34. The molecule has 0 aliphatic heterocycles. The fourth-order valence-electron chi connectivity index (χ4n) is 2.80. The van der Waals surface area contributed by atoms with E-state index in [1.54, 1.807) is 55.7 Å². The normalized spacial score (nSPS) is 10.7. The van der Waals surface area contributed by atoms with Crippen molar-refractivity contribution in [2.24, 2.45) is 0 Å². The van der Waals surface area contributed by atoms with E-state index in [1.807, 2.05) is 19.1 Å². The van der Waals surface area contributed by atoms with Gasteiger partial charge in [0.15, 0.2) is 5.69 Å². The third kappa shape index (κ3) is 4.06. The smallest absolute Gasteiger partial charge is 0.357 e. The lowest BCUT2D eigenvalue weighted by Gasteiger charge is -2.10. The molecule has 3 aromatic rings. The van der Waals surface area contributed by atoms with Crippen LogP contribution in [0.2, 0.25) is 0 Å². The molecule has 0 unspecified atom stereocenters. The Kier molecular flexibility index (Phi) is 5.56. The van der Waals surface area contributed by atoms with Crippen molar-refractivity contribution < 1.29 is 14.6 Å². The molecule has 0 saturated carbocycles. The van der Waals surface area contributed by atoms with E-state index < -0.39 is 11.5 Å². The molecule has 144 valence electrons. The van der Waals surface area contributed by atoms with Crippen molar-refractivity contribution >= 4 is 18.1 Å². The molecular weight excluding hydrogens is 370 g/mol. The van der Waals surface area contributed by atoms with Gasteiger partial charge in [0.1, 0.15) is 17.4 Å². The molecule has 1 aromatic heterocycles. The van der Waals surface area contributed by atoms with Crippen LogP contribution in [0, 0.1) is 18.3 Å². The summed E-state index contributed by atoms with van der Waals surface area (Å²) in [6.07, 6.45) is 3.03. The zero-order valence-electron chi connectivity index (χ0n) is 15.8. The number of hydrogen-bond acceptors (Lipinski definition) is 5. The van der Waals surface area contributed by atoms with Crippen molar-refractivity contribution in [2.45, 2.75) is 6.92 Å². The summed E-state index contributed by atoms with van der Waals surface area (Å²) in [6.45, 7) is 1.84. The Balaban J connectivity index is 2.17. The number of nitriles is 1. The first kappa shape index (κ1) is 19.6. The van der Waals surface area contributed by atoms with Gasteiger partial charge in [0.2, 0.25) is 0 Å². The quantitative estimate of drug-likeness (QED) is 0.720. The summed E-state index contributed by atoms with van der Waals surface area (Å²) < 4.78 is 6.04. The Hall–Kier alpha value is -4.18. The van der Waals surface area contributed by atoms with Gasteiger partial charge < -0.3 is 9.84 Å². The van der Waals surface area contributed by atoms with Crippen molar-refractivity contribution in [3.63, 3.8) is 0 Å². The Morgan fingerprint density at radius 1 is 1.21 bits per heavy atom. The second-order valence-electron chi connectivity index (χ2n) is 6.22. The van der Waals surface area contributed by atoms with Crippen LogP contribution in [0.5, 0.6) is 5.75 Å². The highest BCUT2D eigenvalue weighted by Crippen LogP contribution is 2.18. The number of nitrogens with zero attached hydrogens (tertiary/aromatic N) is 3. The lowest BCUT2D eigenvalue weighted by atomic mass is 10.1. The van der Waals surface area contributed by atoms with Crippen molar-refractivity contribution in [3.8, 4) is 17.5 Å². The SMILES string of the molecule is COc1ccc(/C=C\c2c(C(=O)O)nn(-c3cccc(C)c3)c(=O)c2C#N)cc1. The van der Waals surface area contributed by atoms with Gasteiger partial charge in [-0.1, -0.05) is 36.4 Å². The van der Waals surface area contributed by atoms with Gasteiger partial charge in [-0.2, -0.15) is 15.0 Å². The largest absolute Gasteiger partial charge is 0.497 e. The molecule has 0 fully saturated rings. The molecule has 0 amide bonds. The van der Waals surface area contributed by atoms with E-state index in [0.29, 0.717) is 11.4 Å². The summed E-state index contributed by atoms with van der Waals surface area (Å²) in [5, 5.41) is 23.2. The summed E-state index contributed by atoms with van der Waals surface area (Å²) in [5.41, 5.74) is 0.613. The fraction of sp³-hybridized carbons (Fsp3) is 0.0909. The van der Waals surface area contributed by atoms with Crippen LogP contribution < -0.4 is 10.3 Å². The average Bonchev–Trinajstić information content (AvgIpc) is 2.72. The first-order valence-electron chi connectivity index (χ1n) is 8.64. The molecule has 7 heteroatoms. The van der Waals surface area contributed by atoms with Crippen molar-refractivity contribution in [3.05, 3.63) is 86.8 Å². The van der Waals surface area contributed by atoms with E-state index in [2.05, 4.69) is 5.10 Å². The first-order valence-corrected chi connectivity index (χ1v) is 8.64. The molecule has 0 spiro atoms. The molecule has 0 saturated heterocycles. The maximum atomic E-state index is 12.8. The molecule has 7 nitrogen and oxygen atoms in total. The zero-order valence-corrected chi connectivity index (χ0v) is 15.8. The van der Waals surface area contributed by atoms with Gasteiger partial charge in [-0.3, -0.25) is 4.79 Å². The summed E-state index contributed by atoms with van der Waals surface area (Å²) in [5.74, 6) is -0.661. The number of benzene rings is 2. The number of carboxylic acid groups (broad SMARTS) is 1. The van der Waals surface area contributed by atoms with E-state index in [1.165, 1.54) is 6.08 Å². The monoisotopic (exact) mass is 387 g/mol. The number of methoxy groups -OCH3 is 1. The van der Waals surface area contributed by atoms with Gasteiger partial charge in [-0.05, 0) is 42.3 Å². The molecule has 0 aliphatic carbocycles. The molecule has 1 N–H and O–H groups in total. The number of aryl methyl sites for hydroxylation is 1. The summed E-state index contributed by atoms with van der Waals surface area (Å²) in [4.78, 5) is 24.6. The number of carboxylic acids is 1. The molecular formula is C22H17N3O4. The Morgan fingerprint density at radius 2 is 1.93 bits per heavy atom. The second-order valence-corrected chi connectivity index (χ2v) is 6.22.